The van der Waals surface area contributed by atoms with Crippen molar-refractivity contribution in [1.29, 1.82) is 0 Å². The molecule has 0 amide bonds. The lowest BCUT2D eigenvalue weighted by Crippen LogP contribution is -2.20. The quantitative estimate of drug-likeness (QED) is 0.683. The van der Waals surface area contributed by atoms with Crippen LogP contribution in [-0.4, -0.2) is 19.2 Å². The van der Waals surface area contributed by atoms with E-state index < -0.39 is 9.84 Å². The molecule has 3 heterocycles. The molecule has 0 radical (unpaired) electrons. The minimum absolute atomic E-state index is 0.316. The molecule has 0 saturated carbocycles. The highest BCUT2D eigenvalue weighted by atomic mass is 32.2. The van der Waals surface area contributed by atoms with E-state index in [0.717, 1.165) is 45.5 Å². The fraction of sp³-hybridized carbons (Fsp3) is 0.278. The van der Waals surface area contributed by atoms with E-state index in [9.17, 15) is 8.42 Å². The van der Waals surface area contributed by atoms with Gasteiger partial charge in [-0.25, -0.2) is 8.42 Å². The van der Waals surface area contributed by atoms with Crippen molar-refractivity contribution in [1.82, 2.24) is 4.98 Å². The summed E-state index contributed by atoms with van der Waals surface area (Å²) in [5, 5.41) is 0.786. The smallest absolute Gasteiger partial charge is 0.158 e. The maximum atomic E-state index is 12.3. The van der Waals surface area contributed by atoms with Crippen LogP contribution in [-0.2, 0) is 9.84 Å². The Morgan fingerprint density at radius 2 is 1.96 bits per heavy atom. The average Bonchev–Trinajstić information content (AvgIpc) is 3.03. The van der Waals surface area contributed by atoms with Gasteiger partial charge in [-0.05, 0) is 37.1 Å². The molecule has 3 nitrogen and oxygen atoms in total. The standard InChI is InChI=1S/C18H17NO2S2/c20-23(21)10-4-3-7-18(23)17-9-8-16(22-17)14-11-13-5-1-2-6-15(13)19-12-14/h1-2,5-6,8-9,11-12,18H,3-4,7,10H2/t18-/m0/s1. The minimum atomic E-state index is -2.99. The lowest BCUT2D eigenvalue weighted by atomic mass is 10.1. The van der Waals surface area contributed by atoms with E-state index in [0.29, 0.717) is 5.75 Å². The summed E-state index contributed by atoms with van der Waals surface area (Å²) < 4.78 is 24.6. The molecule has 0 aliphatic carbocycles. The van der Waals surface area contributed by atoms with Crippen molar-refractivity contribution >= 4 is 32.1 Å². The van der Waals surface area contributed by atoms with E-state index in [1.54, 1.807) is 11.3 Å². The molecule has 118 valence electrons. The zero-order chi connectivity index (χ0) is 15.9. The summed E-state index contributed by atoms with van der Waals surface area (Å²) in [7, 11) is -2.99. The Balaban J connectivity index is 1.71. The highest BCUT2D eigenvalue weighted by Crippen LogP contribution is 2.39. The predicted molar refractivity (Wildman–Crippen MR) is 95.4 cm³/mol. The average molecular weight is 343 g/mol. The Morgan fingerprint density at radius 1 is 1.09 bits per heavy atom. The van der Waals surface area contributed by atoms with Crippen LogP contribution < -0.4 is 0 Å². The summed E-state index contributed by atoms with van der Waals surface area (Å²) in [6, 6.07) is 14.1. The maximum absolute atomic E-state index is 12.3. The first-order valence-electron chi connectivity index (χ1n) is 7.80. The molecule has 5 heteroatoms. The predicted octanol–water partition coefficient (Wildman–Crippen LogP) is 4.60. The second-order valence-electron chi connectivity index (χ2n) is 5.97. The van der Waals surface area contributed by atoms with Crippen LogP contribution in [0.5, 0.6) is 0 Å². The molecule has 0 N–H and O–H groups in total. The lowest BCUT2D eigenvalue weighted by molar-refractivity contribution is 0.548. The molecule has 1 fully saturated rings. The summed E-state index contributed by atoms with van der Waals surface area (Å²) in [4.78, 5) is 6.54. The second kappa shape index (κ2) is 5.73. The van der Waals surface area contributed by atoms with Crippen LogP contribution in [0.1, 0.15) is 29.4 Å². The van der Waals surface area contributed by atoms with Crippen LogP contribution in [0.3, 0.4) is 0 Å². The van der Waals surface area contributed by atoms with Crippen LogP contribution in [0, 0.1) is 0 Å². The van der Waals surface area contributed by atoms with Gasteiger partial charge in [0.2, 0.25) is 0 Å². The largest absolute Gasteiger partial charge is 0.256 e. The third-order valence-electron chi connectivity index (χ3n) is 4.40. The fourth-order valence-electron chi connectivity index (χ4n) is 3.16. The van der Waals surface area contributed by atoms with Gasteiger partial charge >= 0.3 is 0 Å². The maximum Gasteiger partial charge on any atom is 0.158 e. The van der Waals surface area contributed by atoms with Gasteiger partial charge in [-0.15, -0.1) is 11.3 Å². The Hall–Kier alpha value is -1.72. The Labute approximate surface area is 139 Å². The Kier molecular flexibility index (Phi) is 3.70. The first kappa shape index (κ1) is 14.8. The van der Waals surface area contributed by atoms with Crippen molar-refractivity contribution in [3.8, 4) is 10.4 Å². The van der Waals surface area contributed by atoms with Gasteiger partial charge in [-0.1, -0.05) is 24.6 Å². The van der Waals surface area contributed by atoms with Gasteiger partial charge in [0.1, 0.15) is 0 Å². The van der Waals surface area contributed by atoms with Crippen LogP contribution in [0.2, 0.25) is 0 Å². The van der Waals surface area contributed by atoms with Crippen LogP contribution in [0.15, 0.2) is 48.7 Å². The number of fused-ring (bicyclic) bond motifs is 1. The van der Waals surface area contributed by atoms with Gasteiger partial charge in [0, 0.05) is 26.9 Å². The number of para-hydroxylation sites is 1. The number of pyridine rings is 1. The molecule has 2 aromatic heterocycles. The van der Waals surface area contributed by atoms with Crippen molar-refractivity contribution in [3.05, 3.63) is 53.5 Å². The first-order valence-corrected chi connectivity index (χ1v) is 10.3. The number of thiophene rings is 1. The molecule has 23 heavy (non-hydrogen) atoms. The zero-order valence-electron chi connectivity index (χ0n) is 12.6. The van der Waals surface area contributed by atoms with Crippen molar-refractivity contribution in [2.45, 2.75) is 24.5 Å². The van der Waals surface area contributed by atoms with Crippen LogP contribution >= 0.6 is 11.3 Å². The van der Waals surface area contributed by atoms with E-state index in [1.165, 1.54) is 0 Å². The van der Waals surface area contributed by atoms with E-state index in [4.69, 9.17) is 0 Å². The van der Waals surface area contributed by atoms with E-state index in [2.05, 4.69) is 11.1 Å². The second-order valence-corrected chi connectivity index (χ2v) is 9.39. The highest BCUT2D eigenvalue weighted by molar-refractivity contribution is 7.91. The Bertz CT molecular complexity index is 960. The first-order chi connectivity index (χ1) is 11.1. The SMILES string of the molecule is O=S1(=O)CCCC[C@H]1c1ccc(-c2cnc3ccccc3c2)s1. The number of aromatic nitrogens is 1. The normalized spacial score (nSPS) is 20.6. The highest BCUT2D eigenvalue weighted by Gasteiger charge is 2.31. The van der Waals surface area contributed by atoms with Gasteiger partial charge in [-0.2, -0.15) is 0 Å². The topological polar surface area (TPSA) is 47.0 Å². The lowest BCUT2D eigenvalue weighted by Gasteiger charge is -2.20. The van der Waals surface area contributed by atoms with E-state index in [1.807, 2.05) is 42.6 Å². The molecule has 1 atom stereocenters. The number of benzene rings is 1. The molecule has 4 rings (SSSR count). The Morgan fingerprint density at radius 3 is 2.83 bits per heavy atom. The van der Waals surface area contributed by atoms with Crippen molar-refractivity contribution < 1.29 is 8.42 Å². The number of sulfone groups is 1. The van der Waals surface area contributed by atoms with Crippen molar-refractivity contribution in [3.63, 3.8) is 0 Å². The van der Waals surface area contributed by atoms with Crippen LogP contribution in [0.4, 0.5) is 0 Å². The zero-order valence-corrected chi connectivity index (χ0v) is 14.2. The van der Waals surface area contributed by atoms with Gasteiger partial charge in [0.15, 0.2) is 9.84 Å². The minimum Gasteiger partial charge on any atom is -0.256 e. The summed E-state index contributed by atoms with van der Waals surface area (Å²) in [6.45, 7) is 0. The van der Waals surface area contributed by atoms with Crippen molar-refractivity contribution in [2.75, 3.05) is 5.75 Å². The molecular formula is C18H17NO2S2. The van der Waals surface area contributed by atoms with Gasteiger partial charge in [-0.3, -0.25) is 4.98 Å². The number of hydrogen-bond donors (Lipinski definition) is 0. The number of rotatable bonds is 2. The van der Waals surface area contributed by atoms with E-state index in [-0.39, 0.29) is 5.25 Å². The summed E-state index contributed by atoms with van der Waals surface area (Å²) >= 11 is 1.58. The summed E-state index contributed by atoms with van der Waals surface area (Å²) in [6.07, 6.45) is 4.41. The molecule has 1 aliphatic rings. The summed E-state index contributed by atoms with van der Waals surface area (Å²) in [5.74, 6) is 0.322. The van der Waals surface area contributed by atoms with Crippen molar-refractivity contribution in [2.24, 2.45) is 0 Å². The number of hydrogen-bond acceptors (Lipinski definition) is 4. The molecule has 3 aromatic rings. The molecular weight excluding hydrogens is 326 g/mol. The molecule has 0 bridgehead atoms. The molecule has 1 saturated heterocycles. The molecule has 0 unspecified atom stereocenters. The third kappa shape index (κ3) is 2.79. The number of nitrogens with zero attached hydrogens (tertiary/aromatic N) is 1. The van der Waals surface area contributed by atoms with Gasteiger partial charge in [0.25, 0.3) is 0 Å². The molecule has 1 aliphatic heterocycles. The monoisotopic (exact) mass is 343 g/mol. The third-order valence-corrected chi connectivity index (χ3v) is 8.01. The van der Waals surface area contributed by atoms with Gasteiger partial charge < -0.3 is 0 Å². The molecule has 1 aromatic carbocycles. The molecule has 0 spiro atoms. The van der Waals surface area contributed by atoms with E-state index >= 15 is 0 Å². The van der Waals surface area contributed by atoms with Gasteiger partial charge in [0.05, 0.1) is 16.5 Å². The fourth-order valence-corrected chi connectivity index (χ4v) is 6.60. The van der Waals surface area contributed by atoms with Crippen LogP contribution in [0.25, 0.3) is 21.3 Å². The summed E-state index contributed by atoms with van der Waals surface area (Å²) in [5.41, 5.74) is 2.02.